The highest BCUT2D eigenvalue weighted by atomic mass is 14.7. The molecule has 0 saturated heterocycles. The third-order valence-electron chi connectivity index (χ3n) is 5.07. The van der Waals surface area contributed by atoms with Crippen molar-refractivity contribution in [3.05, 3.63) is 0 Å². The SMILES string of the molecule is CC1C2CCCC3C(C)C1C23. The summed E-state index contributed by atoms with van der Waals surface area (Å²) in [6.07, 6.45) is 4.66. The van der Waals surface area contributed by atoms with E-state index in [1.807, 2.05) is 0 Å². The molecule has 0 heterocycles. The zero-order valence-electron chi connectivity index (χ0n) is 7.59. The van der Waals surface area contributed by atoms with Gasteiger partial charge in [-0.2, -0.15) is 0 Å². The second-order valence-corrected chi connectivity index (χ2v) is 5.13. The lowest BCUT2D eigenvalue weighted by atomic mass is 9.35. The van der Waals surface area contributed by atoms with E-state index in [0.717, 1.165) is 29.6 Å². The fraction of sp³-hybridized carbons (Fsp3) is 1.00. The molecule has 3 rings (SSSR count). The molecule has 0 aromatic heterocycles. The Bertz CT molecular complexity index is 156. The Morgan fingerprint density at radius 3 is 1.91 bits per heavy atom. The summed E-state index contributed by atoms with van der Waals surface area (Å²) in [6, 6.07) is 0. The maximum Gasteiger partial charge on any atom is -0.0318 e. The van der Waals surface area contributed by atoms with Crippen LogP contribution in [0, 0.1) is 35.5 Å². The standard InChI is InChI=1S/C11H18/c1-6-8-4-3-5-9-7(2)10(6)11(8)9/h6-11H,3-5H2,1-2H3. The lowest BCUT2D eigenvalue weighted by Crippen LogP contribution is -2.64. The van der Waals surface area contributed by atoms with Gasteiger partial charge in [0.05, 0.1) is 0 Å². The molecule has 4 unspecified atom stereocenters. The first-order valence-corrected chi connectivity index (χ1v) is 5.30. The molecule has 0 N–H and O–H groups in total. The van der Waals surface area contributed by atoms with E-state index in [-0.39, 0.29) is 0 Å². The zero-order valence-corrected chi connectivity index (χ0v) is 7.59. The minimum atomic E-state index is 1.09. The molecular formula is C11H18. The van der Waals surface area contributed by atoms with Crippen molar-refractivity contribution >= 4 is 0 Å². The third-order valence-corrected chi connectivity index (χ3v) is 5.07. The molecule has 0 bridgehead atoms. The predicted octanol–water partition coefficient (Wildman–Crippen LogP) is 2.93. The fourth-order valence-corrected chi connectivity index (χ4v) is 4.55. The van der Waals surface area contributed by atoms with Crippen molar-refractivity contribution in [3.8, 4) is 0 Å². The molecular weight excluding hydrogens is 132 g/mol. The van der Waals surface area contributed by atoms with E-state index in [1.165, 1.54) is 12.3 Å². The van der Waals surface area contributed by atoms with Gasteiger partial charge in [0.2, 0.25) is 0 Å². The maximum atomic E-state index is 2.49. The van der Waals surface area contributed by atoms with Crippen LogP contribution in [-0.4, -0.2) is 0 Å². The van der Waals surface area contributed by atoms with Crippen LogP contribution in [0.15, 0.2) is 0 Å². The van der Waals surface area contributed by atoms with E-state index in [0.29, 0.717) is 0 Å². The minimum absolute atomic E-state index is 1.09. The van der Waals surface area contributed by atoms with Crippen LogP contribution in [0.3, 0.4) is 0 Å². The van der Waals surface area contributed by atoms with Gasteiger partial charge in [0.25, 0.3) is 0 Å². The van der Waals surface area contributed by atoms with E-state index in [4.69, 9.17) is 0 Å². The molecule has 4 atom stereocenters. The van der Waals surface area contributed by atoms with E-state index in [1.54, 1.807) is 12.8 Å². The van der Waals surface area contributed by atoms with Crippen LogP contribution in [0.4, 0.5) is 0 Å². The van der Waals surface area contributed by atoms with Crippen LogP contribution in [0.25, 0.3) is 0 Å². The Morgan fingerprint density at radius 2 is 1.36 bits per heavy atom. The molecule has 62 valence electrons. The Kier molecular flexibility index (Phi) is 1.09. The average molecular weight is 150 g/mol. The van der Waals surface area contributed by atoms with E-state index < -0.39 is 0 Å². The van der Waals surface area contributed by atoms with Crippen molar-refractivity contribution < 1.29 is 0 Å². The largest absolute Gasteiger partial charge is 0.0619 e. The highest BCUT2D eigenvalue weighted by Crippen LogP contribution is 2.68. The summed E-state index contributed by atoms with van der Waals surface area (Å²) in [7, 11) is 0. The summed E-state index contributed by atoms with van der Waals surface area (Å²) < 4.78 is 0. The van der Waals surface area contributed by atoms with Gasteiger partial charge in [-0.3, -0.25) is 0 Å². The quantitative estimate of drug-likeness (QED) is 0.498. The van der Waals surface area contributed by atoms with Gasteiger partial charge in [-0.1, -0.05) is 20.3 Å². The molecule has 0 nitrogen and oxygen atoms in total. The van der Waals surface area contributed by atoms with Crippen molar-refractivity contribution in [1.29, 1.82) is 0 Å². The van der Waals surface area contributed by atoms with Crippen LogP contribution in [0.5, 0.6) is 0 Å². The molecule has 0 aliphatic heterocycles. The topological polar surface area (TPSA) is 0 Å². The summed E-state index contributed by atoms with van der Waals surface area (Å²) in [5, 5.41) is 0. The van der Waals surface area contributed by atoms with E-state index in [9.17, 15) is 0 Å². The first kappa shape index (κ1) is 6.51. The van der Waals surface area contributed by atoms with Gasteiger partial charge in [-0.05, 0) is 48.3 Å². The van der Waals surface area contributed by atoms with Gasteiger partial charge in [0.15, 0.2) is 0 Å². The average Bonchev–Trinajstić information content (AvgIpc) is 2.00. The molecule has 0 spiro atoms. The molecule has 3 aliphatic carbocycles. The molecule has 3 aliphatic rings. The fourth-order valence-electron chi connectivity index (χ4n) is 4.55. The summed E-state index contributed by atoms with van der Waals surface area (Å²) in [4.78, 5) is 0. The molecule has 0 radical (unpaired) electrons. The van der Waals surface area contributed by atoms with Gasteiger partial charge >= 0.3 is 0 Å². The normalized spacial score (nSPS) is 66.0. The zero-order chi connectivity index (χ0) is 7.59. The highest BCUT2D eigenvalue weighted by Gasteiger charge is 2.63. The van der Waals surface area contributed by atoms with Crippen molar-refractivity contribution in [1.82, 2.24) is 0 Å². The second kappa shape index (κ2) is 1.84. The summed E-state index contributed by atoms with van der Waals surface area (Å²) in [6.45, 7) is 4.98. The van der Waals surface area contributed by atoms with Crippen LogP contribution in [0.2, 0.25) is 0 Å². The Morgan fingerprint density at radius 1 is 0.818 bits per heavy atom. The maximum absolute atomic E-state index is 2.49. The molecule has 3 saturated carbocycles. The van der Waals surface area contributed by atoms with E-state index in [2.05, 4.69) is 13.8 Å². The molecule has 0 heteroatoms. The van der Waals surface area contributed by atoms with E-state index >= 15 is 0 Å². The summed E-state index contributed by atoms with van der Waals surface area (Å²) in [5.74, 6) is 6.86. The number of hydrogen-bond donors (Lipinski definition) is 0. The van der Waals surface area contributed by atoms with Gasteiger partial charge in [0, 0.05) is 0 Å². The van der Waals surface area contributed by atoms with Gasteiger partial charge < -0.3 is 0 Å². The van der Waals surface area contributed by atoms with Gasteiger partial charge in [-0.25, -0.2) is 0 Å². The van der Waals surface area contributed by atoms with Crippen molar-refractivity contribution in [2.75, 3.05) is 0 Å². The third kappa shape index (κ3) is 0.554. The first-order valence-electron chi connectivity index (χ1n) is 5.30. The van der Waals surface area contributed by atoms with Crippen molar-refractivity contribution in [2.45, 2.75) is 33.1 Å². The van der Waals surface area contributed by atoms with Crippen LogP contribution < -0.4 is 0 Å². The Hall–Kier alpha value is 0. The Balaban J connectivity index is 1.85. The molecule has 3 fully saturated rings. The van der Waals surface area contributed by atoms with Crippen LogP contribution >= 0.6 is 0 Å². The molecule has 0 amide bonds. The minimum Gasteiger partial charge on any atom is -0.0619 e. The smallest absolute Gasteiger partial charge is 0.0318 e. The molecule has 11 heavy (non-hydrogen) atoms. The van der Waals surface area contributed by atoms with Crippen LogP contribution in [-0.2, 0) is 0 Å². The monoisotopic (exact) mass is 150 g/mol. The van der Waals surface area contributed by atoms with Gasteiger partial charge in [-0.15, -0.1) is 0 Å². The number of hydrogen-bond acceptors (Lipinski definition) is 0. The second-order valence-electron chi connectivity index (χ2n) is 5.13. The molecule has 0 aromatic carbocycles. The lowest BCUT2D eigenvalue weighted by molar-refractivity contribution is -0.215. The number of rotatable bonds is 0. The van der Waals surface area contributed by atoms with Gasteiger partial charge in [0.1, 0.15) is 0 Å². The Labute approximate surface area is 69.4 Å². The summed E-state index contributed by atoms with van der Waals surface area (Å²) >= 11 is 0. The van der Waals surface area contributed by atoms with Crippen molar-refractivity contribution in [3.63, 3.8) is 0 Å². The molecule has 0 aromatic rings. The van der Waals surface area contributed by atoms with Crippen LogP contribution in [0.1, 0.15) is 33.1 Å². The van der Waals surface area contributed by atoms with Crippen molar-refractivity contribution in [2.24, 2.45) is 35.5 Å². The highest BCUT2D eigenvalue weighted by molar-refractivity contribution is 5.11. The lowest BCUT2D eigenvalue weighted by Gasteiger charge is -2.69. The first-order chi connectivity index (χ1) is 5.30. The predicted molar refractivity (Wildman–Crippen MR) is 46.1 cm³/mol. The summed E-state index contributed by atoms with van der Waals surface area (Å²) in [5.41, 5.74) is 0.